The van der Waals surface area contributed by atoms with Crippen molar-refractivity contribution in [1.29, 1.82) is 0 Å². The Morgan fingerprint density at radius 1 is 1.32 bits per heavy atom. The molecule has 0 aliphatic heterocycles. The van der Waals surface area contributed by atoms with Gasteiger partial charge in [0.15, 0.2) is 0 Å². The standard InChI is InChI=1S/C13H17ClN2O3/c1-13(2,3)10(12(18)19)16-11(17)7-4-8(14)6-9(15)5-7/h4-6,10H,15H2,1-3H3,(H,16,17)(H,18,19)/t10-/m1/s1. The van der Waals surface area contributed by atoms with Gasteiger partial charge in [0.1, 0.15) is 6.04 Å². The van der Waals surface area contributed by atoms with Crippen LogP contribution < -0.4 is 11.1 Å². The molecule has 104 valence electrons. The second kappa shape index (κ2) is 5.48. The predicted molar refractivity (Wildman–Crippen MR) is 74.2 cm³/mol. The number of nitrogens with two attached hydrogens (primary N) is 1. The van der Waals surface area contributed by atoms with E-state index in [9.17, 15) is 9.59 Å². The summed E-state index contributed by atoms with van der Waals surface area (Å²) in [6.45, 7) is 5.20. The van der Waals surface area contributed by atoms with Crippen molar-refractivity contribution in [1.82, 2.24) is 5.32 Å². The van der Waals surface area contributed by atoms with Crippen LogP contribution in [0.25, 0.3) is 0 Å². The van der Waals surface area contributed by atoms with Gasteiger partial charge in [-0.1, -0.05) is 32.4 Å². The molecule has 19 heavy (non-hydrogen) atoms. The maximum Gasteiger partial charge on any atom is 0.326 e. The van der Waals surface area contributed by atoms with E-state index >= 15 is 0 Å². The molecule has 1 aromatic rings. The molecular weight excluding hydrogens is 268 g/mol. The van der Waals surface area contributed by atoms with Crippen molar-refractivity contribution in [3.63, 3.8) is 0 Å². The number of anilines is 1. The highest BCUT2D eigenvalue weighted by molar-refractivity contribution is 6.31. The van der Waals surface area contributed by atoms with E-state index in [0.29, 0.717) is 10.7 Å². The summed E-state index contributed by atoms with van der Waals surface area (Å²) in [6.07, 6.45) is 0. The molecule has 0 aromatic heterocycles. The molecule has 4 N–H and O–H groups in total. The first-order valence-corrected chi connectivity index (χ1v) is 6.09. The molecule has 1 aromatic carbocycles. The minimum atomic E-state index is -1.09. The fourth-order valence-corrected chi connectivity index (χ4v) is 1.85. The van der Waals surface area contributed by atoms with Gasteiger partial charge in [0.2, 0.25) is 0 Å². The van der Waals surface area contributed by atoms with Gasteiger partial charge in [-0.25, -0.2) is 4.79 Å². The molecule has 0 fully saturated rings. The minimum absolute atomic E-state index is 0.237. The van der Waals surface area contributed by atoms with E-state index in [0.717, 1.165) is 0 Å². The third-order valence-corrected chi connectivity index (χ3v) is 2.79. The minimum Gasteiger partial charge on any atom is -0.480 e. The second-order valence-corrected chi connectivity index (χ2v) is 5.82. The van der Waals surface area contributed by atoms with Crippen LogP contribution >= 0.6 is 11.6 Å². The Balaban J connectivity index is 2.97. The number of carbonyl (C=O) groups excluding carboxylic acids is 1. The van der Waals surface area contributed by atoms with E-state index in [-0.39, 0.29) is 5.56 Å². The number of benzene rings is 1. The summed E-state index contributed by atoms with van der Waals surface area (Å²) in [5.41, 5.74) is 5.57. The van der Waals surface area contributed by atoms with Crippen LogP contribution in [0.1, 0.15) is 31.1 Å². The van der Waals surface area contributed by atoms with Crippen LogP contribution in [0.3, 0.4) is 0 Å². The molecule has 1 atom stereocenters. The van der Waals surface area contributed by atoms with E-state index in [1.165, 1.54) is 18.2 Å². The monoisotopic (exact) mass is 284 g/mol. The summed E-state index contributed by atoms with van der Waals surface area (Å²) in [4.78, 5) is 23.2. The zero-order valence-corrected chi connectivity index (χ0v) is 11.8. The number of hydrogen-bond acceptors (Lipinski definition) is 3. The van der Waals surface area contributed by atoms with Gasteiger partial charge in [-0.3, -0.25) is 4.79 Å². The van der Waals surface area contributed by atoms with Crippen molar-refractivity contribution >= 4 is 29.2 Å². The molecule has 0 heterocycles. The van der Waals surface area contributed by atoms with E-state index in [1.54, 1.807) is 20.8 Å². The highest BCUT2D eigenvalue weighted by atomic mass is 35.5. The van der Waals surface area contributed by atoms with Crippen molar-refractivity contribution in [3.8, 4) is 0 Å². The number of hydrogen-bond donors (Lipinski definition) is 3. The Morgan fingerprint density at radius 2 is 1.89 bits per heavy atom. The zero-order chi connectivity index (χ0) is 14.8. The zero-order valence-electron chi connectivity index (χ0n) is 11.0. The van der Waals surface area contributed by atoms with Crippen LogP contribution in [0.5, 0.6) is 0 Å². The summed E-state index contributed by atoms with van der Waals surface area (Å²) >= 11 is 5.81. The van der Waals surface area contributed by atoms with Crippen LogP contribution in [0, 0.1) is 5.41 Å². The number of carbonyl (C=O) groups is 2. The molecular formula is C13H17ClN2O3. The Bertz CT molecular complexity index is 489. The molecule has 0 spiro atoms. The van der Waals surface area contributed by atoms with Gasteiger partial charge in [-0.15, -0.1) is 0 Å². The molecule has 0 saturated carbocycles. The molecule has 0 saturated heterocycles. The second-order valence-electron chi connectivity index (χ2n) is 5.38. The number of carboxylic acid groups (broad SMARTS) is 1. The van der Waals surface area contributed by atoms with Gasteiger partial charge in [-0.2, -0.15) is 0 Å². The molecule has 0 aliphatic rings. The lowest BCUT2D eigenvalue weighted by Crippen LogP contribution is -2.49. The van der Waals surface area contributed by atoms with Crippen molar-refractivity contribution in [2.75, 3.05) is 5.73 Å². The van der Waals surface area contributed by atoms with Crippen LogP contribution in [0.15, 0.2) is 18.2 Å². The highest BCUT2D eigenvalue weighted by Gasteiger charge is 2.32. The first-order chi connectivity index (χ1) is 8.61. The van der Waals surface area contributed by atoms with Crippen LogP contribution in [-0.2, 0) is 4.79 Å². The smallest absolute Gasteiger partial charge is 0.326 e. The number of halogens is 1. The topological polar surface area (TPSA) is 92.4 Å². The summed E-state index contributed by atoms with van der Waals surface area (Å²) < 4.78 is 0. The average Bonchev–Trinajstić information content (AvgIpc) is 2.21. The normalized spacial score (nSPS) is 12.8. The van der Waals surface area contributed by atoms with Gasteiger partial charge in [0, 0.05) is 16.3 Å². The third-order valence-electron chi connectivity index (χ3n) is 2.57. The molecule has 0 unspecified atom stereocenters. The summed E-state index contributed by atoms with van der Waals surface area (Å²) in [5.74, 6) is -1.60. The third kappa shape index (κ3) is 4.13. The molecule has 1 amide bonds. The quantitative estimate of drug-likeness (QED) is 0.742. The van der Waals surface area contributed by atoms with Gasteiger partial charge in [-0.05, 0) is 23.6 Å². The predicted octanol–water partition coefficient (Wildman–Crippen LogP) is 2.15. The Kier molecular flexibility index (Phi) is 4.42. The maximum atomic E-state index is 12.0. The molecule has 6 heteroatoms. The molecule has 1 rings (SSSR count). The molecule has 0 radical (unpaired) electrons. The van der Waals surface area contributed by atoms with Gasteiger partial charge in [0.25, 0.3) is 5.91 Å². The van der Waals surface area contributed by atoms with Crippen molar-refractivity contribution in [3.05, 3.63) is 28.8 Å². The summed E-state index contributed by atoms with van der Waals surface area (Å²) in [7, 11) is 0. The lowest BCUT2D eigenvalue weighted by atomic mass is 9.86. The molecule has 0 aliphatic carbocycles. The summed E-state index contributed by atoms with van der Waals surface area (Å²) in [6, 6.07) is 3.40. The van der Waals surface area contributed by atoms with Crippen molar-refractivity contribution < 1.29 is 14.7 Å². The fraction of sp³-hybridized carbons (Fsp3) is 0.385. The Hall–Kier alpha value is -1.75. The molecule has 0 bridgehead atoms. The number of rotatable bonds is 3. The number of carboxylic acids is 1. The number of aliphatic carboxylic acids is 1. The van der Waals surface area contributed by atoms with E-state index in [2.05, 4.69) is 5.32 Å². The highest BCUT2D eigenvalue weighted by Crippen LogP contribution is 2.21. The van der Waals surface area contributed by atoms with Gasteiger partial charge in [0.05, 0.1) is 0 Å². The maximum absolute atomic E-state index is 12.0. The van der Waals surface area contributed by atoms with Gasteiger partial charge >= 0.3 is 5.97 Å². The Morgan fingerprint density at radius 3 is 2.32 bits per heavy atom. The average molecular weight is 285 g/mol. The lowest BCUT2D eigenvalue weighted by Gasteiger charge is -2.27. The van der Waals surface area contributed by atoms with E-state index in [4.69, 9.17) is 22.4 Å². The van der Waals surface area contributed by atoms with Crippen molar-refractivity contribution in [2.24, 2.45) is 5.41 Å². The number of amides is 1. The van der Waals surface area contributed by atoms with Crippen LogP contribution in [-0.4, -0.2) is 23.0 Å². The summed E-state index contributed by atoms with van der Waals surface area (Å²) in [5, 5.41) is 11.9. The fourth-order valence-electron chi connectivity index (χ4n) is 1.61. The lowest BCUT2D eigenvalue weighted by molar-refractivity contribution is -0.142. The SMILES string of the molecule is CC(C)(C)[C@H](NC(=O)c1cc(N)cc(Cl)c1)C(=O)O. The van der Waals surface area contributed by atoms with E-state index < -0.39 is 23.3 Å². The van der Waals surface area contributed by atoms with Crippen molar-refractivity contribution in [2.45, 2.75) is 26.8 Å². The van der Waals surface area contributed by atoms with Crippen LogP contribution in [0.2, 0.25) is 5.02 Å². The largest absolute Gasteiger partial charge is 0.480 e. The van der Waals surface area contributed by atoms with Crippen LogP contribution in [0.4, 0.5) is 5.69 Å². The van der Waals surface area contributed by atoms with Gasteiger partial charge < -0.3 is 16.2 Å². The van der Waals surface area contributed by atoms with E-state index in [1.807, 2.05) is 0 Å². The molecule has 5 nitrogen and oxygen atoms in total. The number of nitrogen functional groups attached to an aromatic ring is 1. The first kappa shape index (κ1) is 15.3. The first-order valence-electron chi connectivity index (χ1n) is 5.71. The number of nitrogens with one attached hydrogen (secondary N) is 1. The Labute approximate surface area is 116 Å².